The first-order valence-corrected chi connectivity index (χ1v) is 9.67. The van der Waals surface area contributed by atoms with Crippen LogP contribution in [0.3, 0.4) is 0 Å². The van der Waals surface area contributed by atoms with Crippen molar-refractivity contribution in [1.82, 2.24) is 0 Å². The zero-order chi connectivity index (χ0) is 18.4. The zero-order valence-electron chi connectivity index (χ0n) is 14.3. The van der Waals surface area contributed by atoms with Crippen molar-refractivity contribution in [2.24, 2.45) is 5.73 Å². The molecule has 0 aliphatic rings. The SMILES string of the molecule is CCS(=O)(=O)Nc1ccc(NC(=O)[C@@H](N)Cc2ccccc2)cc1C. The number of hydrogen-bond acceptors (Lipinski definition) is 4. The van der Waals surface area contributed by atoms with Gasteiger partial charge >= 0.3 is 0 Å². The van der Waals surface area contributed by atoms with Gasteiger partial charge in [-0.1, -0.05) is 30.3 Å². The van der Waals surface area contributed by atoms with Crippen molar-refractivity contribution in [3.63, 3.8) is 0 Å². The molecular formula is C18H23N3O3S. The van der Waals surface area contributed by atoms with Gasteiger partial charge in [0.15, 0.2) is 0 Å². The first-order chi connectivity index (χ1) is 11.8. The maximum absolute atomic E-state index is 12.2. The van der Waals surface area contributed by atoms with Crippen LogP contribution in [0, 0.1) is 6.92 Å². The molecule has 0 unspecified atom stereocenters. The average molecular weight is 361 g/mol. The van der Waals surface area contributed by atoms with Crippen LogP contribution in [0.25, 0.3) is 0 Å². The van der Waals surface area contributed by atoms with Crippen LogP contribution in [-0.2, 0) is 21.2 Å². The molecule has 6 nitrogen and oxygen atoms in total. The van der Waals surface area contributed by atoms with Crippen molar-refractivity contribution >= 4 is 27.3 Å². The van der Waals surface area contributed by atoms with Gasteiger partial charge in [-0.2, -0.15) is 0 Å². The molecule has 2 aromatic rings. The third-order valence-corrected chi connectivity index (χ3v) is 5.07. The molecule has 0 aromatic heterocycles. The van der Waals surface area contributed by atoms with Crippen LogP contribution in [0.4, 0.5) is 11.4 Å². The summed E-state index contributed by atoms with van der Waals surface area (Å²) in [4.78, 5) is 12.2. The van der Waals surface area contributed by atoms with E-state index >= 15 is 0 Å². The fourth-order valence-electron chi connectivity index (χ4n) is 2.29. The molecule has 0 saturated heterocycles. The maximum atomic E-state index is 12.2. The highest BCUT2D eigenvalue weighted by Gasteiger charge is 2.15. The third kappa shape index (κ3) is 5.58. The topological polar surface area (TPSA) is 101 Å². The minimum atomic E-state index is -3.34. The molecule has 0 fully saturated rings. The van der Waals surface area contributed by atoms with Crippen LogP contribution >= 0.6 is 0 Å². The number of carbonyl (C=O) groups is 1. The normalized spacial score (nSPS) is 12.4. The molecule has 0 spiro atoms. The van der Waals surface area contributed by atoms with E-state index in [1.54, 1.807) is 32.0 Å². The largest absolute Gasteiger partial charge is 0.325 e. The van der Waals surface area contributed by atoms with Gasteiger partial charge in [-0.3, -0.25) is 9.52 Å². The quantitative estimate of drug-likeness (QED) is 0.704. The Kier molecular flexibility index (Phi) is 6.17. The Hall–Kier alpha value is -2.38. The van der Waals surface area contributed by atoms with E-state index < -0.39 is 16.1 Å². The fourth-order valence-corrected chi connectivity index (χ4v) is 3.00. The summed E-state index contributed by atoms with van der Waals surface area (Å²) >= 11 is 0. The third-order valence-electron chi connectivity index (χ3n) is 3.77. The molecule has 7 heteroatoms. The van der Waals surface area contributed by atoms with Crippen LogP contribution in [-0.4, -0.2) is 26.1 Å². The lowest BCUT2D eigenvalue weighted by molar-refractivity contribution is -0.117. The maximum Gasteiger partial charge on any atom is 0.241 e. The van der Waals surface area contributed by atoms with Crippen LogP contribution < -0.4 is 15.8 Å². The summed E-state index contributed by atoms with van der Waals surface area (Å²) in [6.45, 7) is 3.34. The molecule has 1 atom stereocenters. The lowest BCUT2D eigenvalue weighted by atomic mass is 10.1. The summed E-state index contributed by atoms with van der Waals surface area (Å²) in [5, 5.41) is 2.77. The standard InChI is InChI=1S/C18H23N3O3S/c1-3-25(23,24)21-17-10-9-15(11-13(17)2)20-18(22)16(19)12-14-7-5-4-6-8-14/h4-11,16,21H,3,12,19H2,1-2H3,(H,20,22)/t16-/m0/s1. The number of aryl methyl sites for hydroxylation is 1. The number of amides is 1. The summed E-state index contributed by atoms with van der Waals surface area (Å²) in [6.07, 6.45) is 0.444. The van der Waals surface area contributed by atoms with E-state index in [-0.39, 0.29) is 11.7 Å². The van der Waals surface area contributed by atoms with E-state index in [9.17, 15) is 13.2 Å². The van der Waals surface area contributed by atoms with E-state index in [1.165, 1.54) is 0 Å². The van der Waals surface area contributed by atoms with Crippen LogP contribution in [0.1, 0.15) is 18.1 Å². The number of nitrogens with one attached hydrogen (secondary N) is 2. The first-order valence-electron chi connectivity index (χ1n) is 8.02. The molecule has 2 aromatic carbocycles. The lowest BCUT2D eigenvalue weighted by Crippen LogP contribution is -2.37. The van der Waals surface area contributed by atoms with Gasteiger partial charge in [0.25, 0.3) is 0 Å². The molecule has 25 heavy (non-hydrogen) atoms. The van der Waals surface area contributed by atoms with Crippen LogP contribution in [0.15, 0.2) is 48.5 Å². The highest BCUT2D eigenvalue weighted by Crippen LogP contribution is 2.21. The fraction of sp³-hybridized carbons (Fsp3) is 0.278. The average Bonchev–Trinajstić information content (AvgIpc) is 2.58. The smallest absolute Gasteiger partial charge is 0.241 e. The molecule has 0 aliphatic heterocycles. The molecule has 2 rings (SSSR count). The molecule has 1 amide bonds. The van der Waals surface area contributed by atoms with Crippen molar-refractivity contribution in [1.29, 1.82) is 0 Å². The van der Waals surface area contributed by atoms with Gasteiger partial charge in [-0.15, -0.1) is 0 Å². The molecule has 0 heterocycles. The predicted octanol–water partition coefficient (Wildman–Crippen LogP) is 2.27. The number of benzene rings is 2. The van der Waals surface area contributed by atoms with Crippen molar-refractivity contribution in [3.8, 4) is 0 Å². The van der Waals surface area contributed by atoms with Crippen molar-refractivity contribution in [3.05, 3.63) is 59.7 Å². The number of anilines is 2. The second-order valence-corrected chi connectivity index (χ2v) is 7.83. The van der Waals surface area contributed by atoms with E-state index in [0.29, 0.717) is 23.4 Å². The number of sulfonamides is 1. The van der Waals surface area contributed by atoms with Crippen LogP contribution in [0.5, 0.6) is 0 Å². The molecular weight excluding hydrogens is 338 g/mol. The molecule has 4 N–H and O–H groups in total. The summed E-state index contributed by atoms with van der Waals surface area (Å²) in [5.74, 6) is -0.288. The number of nitrogens with two attached hydrogens (primary N) is 1. The molecule has 0 radical (unpaired) electrons. The Labute approximate surface area is 148 Å². The van der Waals surface area contributed by atoms with Gasteiger partial charge in [0.2, 0.25) is 15.9 Å². The summed E-state index contributed by atoms with van der Waals surface area (Å²) in [6, 6.07) is 13.9. The number of rotatable bonds is 7. The van der Waals surface area contributed by atoms with Gasteiger partial charge in [-0.25, -0.2) is 8.42 Å². The Bertz CT molecular complexity index is 836. The minimum Gasteiger partial charge on any atom is -0.325 e. The predicted molar refractivity (Wildman–Crippen MR) is 101 cm³/mol. The zero-order valence-corrected chi connectivity index (χ0v) is 15.1. The van der Waals surface area contributed by atoms with E-state index in [4.69, 9.17) is 5.73 Å². The van der Waals surface area contributed by atoms with E-state index in [2.05, 4.69) is 10.0 Å². The van der Waals surface area contributed by atoms with Gasteiger partial charge in [0.1, 0.15) is 0 Å². The van der Waals surface area contributed by atoms with Gasteiger partial charge in [0, 0.05) is 5.69 Å². The molecule has 0 saturated carbocycles. The summed E-state index contributed by atoms with van der Waals surface area (Å²) < 4.78 is 25.8. The van der Waals surface area contributed by atoms with Crippen LogP contribution in [0.2, 0.25) is 0 Å². The minimum absolute atomic E-state index is 0.000727. The molecule has 134 valence electrons. The Morgan fingerprint density at radius 3 is 2.44 bits per heavy atom. The Morgan fingerprint density at radius 2 is 1.84 bits per heavy atom. The Morgan fingerprint density at radius 1 is 1.16 bits per heavy atom. The Balaban J connectivity index is 2.02. The summed E-state index contributed by atoms with van der Waals surface area (Å²) in [5.41, 5.74) is 8.74. The first kappa shape index (κ1) is 19.0. The van der Waals surface area contributed by atoms with E-state index in [0.717, 1.165) is 5.56 Å². The second-order valence-electron chi connectivity index (χ2n) is 5.82. The van der Waals surface area contributed by atoms with Crippen molar-refractivity contribution in [2.45, 2.75) is 26.3 Å². The lowest BCUT2D eigenvalue weighted by Gasteiger charge is -2.14. The van der Waals surface area contributed by atoms with Gasteiger partial charge in [0.05, 0.1) is 17.5 Å². The highest BCUT2D eigenvalue weighted by atomic mass is 32.2. The van der Waals surface area contributed by atoms with Crippen molar-refractivity contribution < 1.29 is 13.2 Å². The van der Waals surface area contributed by atoms with E-state index in [1.807, 2.05) is 30.3 Å². The monoisotopic (exact) mass is 361 g/mol. The van der Waals surface area contributed by atoms with Gasteiger partial charge in [-0.05, 0) is 49.6 Å². The summed E-state index contributed by atoms with van der Waals surface area (Å²) in [7, 11) is -3.34. The second kappa shape index (κ2) is 8.13. The number of hydrogen-bond donors (Lipinski definition) is 3. The molecule has 0 bridgehead atoms. The van der Waals surface area contributed by atoms with Gasteiger partial charge < -0.3 is 11.1 Å². The number of carbonyl (C=O) groups excluding carboxylic acids is 1. The molecule has 0 aliphatic carbocycles. The van der Waals surface area contributed by atoms with Crippen molar-refractivity contribution in [2.75, 3.05) is 15.8 Å². The highest BCUT2D eigenvalue weighted by molar-refractivity contribution is 7.92.